The van der Waals surface area contributed by atoms with Gasteiger partial charge in [-0.05, 0) is 49.1 Å². The molecule has 0 radical (unpaired) electrons. The first-order valence-electron chi connectivity index (χ1n) is 11.2. The zero-order valence-electron chi connectivity index (χ0n) is 19.9. The molecule has 0 saturated carbocycles. The Morgan fingerprint density at radius 3 is 2.24 bits per heavy atom. The van der Waals surface area contributed by atoms with Crippen molar-refractivity contribution < 1.29 is 14.3 Å². The fraction of sp³-hybridized carbons (Fsp3) is 0.385. The van der Waals surface area contributed by atoms with Gasteiger partial charge in [-0.2, -0.15) is 0 Å². The standard InChI is InChI=1S/C26H31N3O4/c1-17-9-11-28(12-10-17)25(30)22-16-29(19-8-6-7-18(13-19)27(2)3)26(31)21-15-24(33-5)23(32-4)14-20(21)22/h6-8,13-17H,9-12H2,1-5H3. The third kappa shape index (κ3) is 4.27. The van der Waals surface area contributed by atoms with Crippen molar-refractivity contribution in [2.75, 3.05) is 46.3 Å². The van der Waals surface area contributed by atoms with Gasteiger partial charge >= 0.3 is 0 Å². The van der Waals surface area contributed by atoms with Gasteiger partial charge in [0.05, 0.1) is 30.9 Å². The molecule has 174 valence electrons. The number of hydrogen-bond acceptors (Lipinski definition) is 5. The van der Waals surface area contributed by atoms with E-state index in [1.165, 1.54) is 7.11 Å². The van der Waals surface area contributed by atoms with E-state index in [-0.39, 0.29) is 11.5 Å². The van der Waals surface area contributed by atoms with Crippen LogP contribution in [0.4, 0.5) is 5.69 Å². The van der Waals surface area contributed by atoms with Crippen LogP contribution < -0.4 is 19.9 Å². The van der Waals surface area contributed by atoms with Crippen molar-refractivity contribution in [1.82, 2.24) is 9.47 Å². The molecule has 7 nitrogen and oxygen atoms in total. The van der Waals surface area contributed by atoms with Gasteiger partial charge in [0, 0.05) is 44.5 Å². The first-order valence-corrected chi connectivity index (χ1v) is 11.2. The Morgan fingerprint density at radius 2 is 1.64 bits per heavy atom. The van der Waals surface area contributed by atoms with Crippen molar-refractivity contribution in [3.05, 3.63) is 58.5 Å². The Bertz CT molecular complexity index is 1240. The number of hydrogen-bond donors (Lipinski definition) is 0. The summed E-state index contributed by atoms with van der Waals surface area (Å²) in [6, 6.07) is 11.1. The lowest BCUT2D eigenvalue weighted by molar-refractivity contribution is 0.0698. The van der Waals surface area contributed by atoms with E-state index in [1.807, 2.05) is 48.2 Å². The minimum absolute atomic E-state index is 0.0726. The average molecular weight is 450 g/mol. The molecular formula is C26H31N3O4. The number of likely N-dealkylation sites (tertiary alicyclic amines) is 1. The van der Waals surface area contributed by atoms with Crippen LogP contribution in [0.1, 0.15) is 30.1 Å². The van der Waals surface area contributed by atoms with E-state index in [9.17, 15) is 9.59 Å². The molecule has 0 bridgehead atoms. The van der Waals surface area contributed by atoms with Crippen LogP contribution in [-0.2, 0) is 0 Å². The first kappa shape index (κ1) is 22.7. The van der Waals surface area contributed by atoms with Gasteiger partial charge in [-0.15, -0.1) is 0 Å². The van der Waals surface area contributed by atoms with E-state index in [4.69, 9.17) is 9.47 Å². The molecule has 3 aromatic rings. The number of benzene rings is 2. The number of fused-ring (bicyclic) bond motifs is 1. The number of carbonyl (C=O) groups excluding carboxylic acids is 1. The molecule has 1 aliphatic heterocycles. The maximum absolute atomic E-state index is 13.7. The molecule has 2 aromatic carbocycles. The molecule has 1 saturated heterocycles. The van der Waals surface area contributed by atoms with Gasteiger partial charge in [0.25, 0.3) is 11.5 Å². The van der Waals surface area contributed by atoms with Gasteiger partial charge in [0.1, 0.15) is 0 Å². The normalized spacial score (nSPS) is 14.4. The van der Waals surface area contributed by atoms with E-state index < -0.39 is 0 Å². The molecule has 0 atom stereocenters. The molecule has 2 heterocycles. The summed E-state index contributed by atoms with van der Waals surface area (Å²) in [5.74, 6) is 1.47. The van der Waals surface area contributed by atoms with Gasteiger partial charge < -0.3 is 19.3 Å². The van der Waals surface area contributed by atoms with Crippen LogP contribution >= 0.6 is 0 Å². The van der Waals surface area contributed by atoms with Gasteiger partial charge in [-0.1, -0.05) is 13.0 Å². The predicted molar refractivity (Wildman–Crippen MR) is 131 cm³/mol. The van der Waals surface area contributed by atoms with Crippen LogP contribution in [-0.4, -0.2) is 56.8 Å². The topological polar surface area (TPSA) is 64.0 Å². The van der Waals surface area contributed by atoms with E-state index in [0.29, 0.717) is 52.5 Å². The summed E-state index contributed by atoms with van der Waals surface area (Å²) < 4.78 is 12.5. The van der Waals surface area contributed by atoms with Crippen LogP contribution in [0.5, 0.6) is 11.5 Å². The minimum Gasteiger partial charge on any atom is -0.493 e. The lowest BCUT2D eigenvalue weighted by atomic mass is 9.98. The number of pyridine rings is 1. The molecule has 0 unspecified atom stereocenters. The zero-order chi connectivity index (χ0) is 23.7. The summed E-state index contributed by atoms with van der Waals surface area (Å²) in [5.41, 5.74) is 1.93. The Labute approximate surface area is 194 Å². The highest BCUT2D eigenvalue weighted by molar-refractivity contribution is 6.07. The summed E-state index contributed by atoms with van der Waals surface area (Å²) in [5, 5.41) is 0.986. The van der Waals surface area contributed by atoms with Crippen molar-refractivity contribution >= 4 is 22.4 Å². The molecule has 1 aliphatic rings. The van der Waals surface area contributed by atoms with Crippen molar-refractivity contribution in [2.24, 2.45) is 5.92 Å². The summed E-state index contributed by atoms with van der Waals surface area (Å²) in [6.45, 7) is 3.64. The largest absolute Gasteiger partial charge is 0.493 e. The van der Waals surface area contributed by atoms with E-state index in [2.05, 4.69) is 6.92 Å². The number of anilines is 1. The molecule has 7 heteroatoms. The number of methoxy groups -OCH3 is 2. The monoisotopic (exact) mass is 449 g/mol. The molecule has 33 heavy (non-hydrogen) atoms. The van der Waals surface area contributed by atoms with Gasteiger partial charge in [-0.3, -0.25) is 14.2 Å². The zero-order valence-corrected chi connectivity index (χ0v) is 19.9. The number of amides is 1. The Balaban J connectivity index is 1.96. The quantitative estimate of drug-likeness (QED) is 0.590. The van der Waals surface area contributed by atoms with Gasteiger partial charge in [-0.25, -0.2) is 0 Å². The van der Waals surface area contributed by atoms with E-state index in [1.54, 1.807) is 30.0 Å². The number of ether oxygens (including phenoxy) is 2. The molecule has 0 spiro atoms. The summed E-state index contributed by atoms with van der Waals surface area (Å²) in [7, 11) is 6.98. The molecule has 1 aromatic heterocycles. The average Bonchev–Trinajstić information content (AvgIpc) is 2.83. The van der Waals surface area contributed by atoms with Crippen LogP contribution in [0, 0.1) is 5.92 Å². The fourth-order valence-electron chi connectivity index (χ4n) is 4.33. The SMILES string of the molecule is COc1cc2c(C(=O)N3CCC(C)CC3)cn(-c3cccc(N(C)C)c3)c(=O)c2cc1OC. The Kier molecular flexibility index (Phi) is 6.31. The summed E-state index contributed by atoms with van der Waals surface area (Å²) in [6.07, 6.45) is 3.63. The summed E-state index contributed by atoms with van der Waals surface area (Å²) >= 11 is 0. The number of rotatable bonds is 5. The van der Waals surface area contributed by atoms with Crippen molar-refractivity contribution in [1.29, 1.82) is 0 Å². The molecular weight excluding hydrogens is 418 g/mol. The van der Waals surface area contributed by atoms with Crippen LogP contribution in [0.2, 0.25) is 0 Å². The van der Waals surface area contributed by atoms with Crippen molar-refractivity contribution in [3.8, 4) is 17.2 Å². The Morgan fingerprint density at radius 1 is 1.00 bits per heavy atom. The molecule has 1 fully saturated rings. The second-order valence-electron chi connectivity index (χ2n) is 8.86. The smallest absolute Gasteiger partial charge is 0.263 e. The van der Waals surface area contributed by atoms with Gasteiger partial charge in [0.2, 0.25) is 0 Å². The second-order valence-corrected chi connectivity index (χ2v) is 8.86. The number of carbonyl (C=O) groups is 1. The Hall–Kier alpha value is -3.48. The summed E-state index contributed by atoms with van der Waals surface area (Å²) in [4.78, 5) is 31.1. The van der Waals surface area contributed by atoms with Crippen molar-refractivity contribution in [2.45, 2.75) is 19.8 Å². The molecule has 4 rings (SSSR count). The lowest BCUT2D eigenvalue weighted by Gasteiger charge is -2.30. The molecule has 0 aliphatic carbocycles. The van der Waals surface area contributed by atoms with Crippen LogP contribution in [0.25, 0.3) is 16.5 Å². The van der Waals surface area contributed by atoms with E-state index in [0.717, 1.165) is 18.5 Å². The molecule has 1 amide bonds. The maximum atomic E-state index is 13.7. The minimum atomic E-state index is -0.217. The van der Waals surface area contributed by atoms with Crippen LogP contribution in [0.3, 0.4) is 0 Å². The second kappa shape index (κ2) is 9.17. The fourth-order valence-corrected chi connectivity index (χ4v) is 4.33. The number of aromatic nitrogens is 1. The maximum Gasteiger partial charge on any atom is 0.263 e. The highest BCUT2D eigenvalue weighted by Gasteiger charge is 2.25. The lowest BCUT2D eigenvalue weighted by Crippen LogP contribution is -2.38. The first-order chi connectivity index (χ1) is 15.8. The highest BCUT2D eigenvalue weighted by Crippen LogP contribution is 2.33. The molecule has 0 N–H and O–H groups in total. The third-order valence-electron chi connectivity index (χ3n) is 6.45. The van der Waals surface area contributed by atoms with Crippen LogP contribution in [0.15, 0.2) is 47.4 Å². The van der Waals surface area contributed by atoms with Gasteiger partial charge in [0.15, 0.2) is 11.5 Å². The van der Waals surface area contributed by atoms with Crippen molar-refractivity contribution in [3.63, 3.8) is 0 Å². The predicted octanol–water partition coefficient (Wildman–Crippen LogP) is 3.95. The number of nitrogens with zero attached hydrogens (tertiary/aromatic N) is 3. The van der Waals surface area contributed by atoms with E-state index >= 15 is 0 Å². The number of piperidine rings is 1. The highest BCUT2D eigenvalue weighted by atomic mass is 16.5. The third-order valence-corrected chi connectivity index (χ3v) is 6.45.